The van der Waals surface area contributed by atoms with Gasteiger partial charge in [-0.2, -0.15) is 0 Å². The number of nitrogens with zero attached hydrogens (tertiary/aromatic N) is 1. The van der Waals surface area contributed by atoms with E-state index < -0.39 is 6.04 Å². The van der Waals surface area contributed by atoms with Crippen LogP contribution in [0, 0.1) is 0 Å². The highest BCUT2D eigenvalue weighted by molar-refractivity contribution is 5.97. The molecule has 1 aromatic carbocycles. The summed E-state index contributed by atoms with van der Waals surface area (Å²) in [6.07, 6.45) is 2.86. The molecule has 1 aliphatic heterocycles. The molecule has 0 saturated heterocycles. The van der Waals surface area contributed by atoms with Crippen LogP contribution in [0.1, 0.15) is 18.9 Å². The molecule has 2 amide bonds. The second kappa shape index (κ2) is 5.88. The summed E-state index contributed by atoms with van der Waals surface area (Å²) >= 11 is 0. The van der Waals surface area contributed by atoms with Crippen molar-refractivity contribution in [3.8, 4) is 0 Å². The molecule has 0 fully saturated rings. The first-order valence-electron chi connectivity index (χ1n) is 6.61. The Balaban J connectivity index is 2.11. The zero-order chi connectivity index (χ0) is 14.7. The van der Waals surface area contributed by atoms with Gasteiger partial charge in [0.05, 0.1) is 6.04 Å². The fourth-order valence-corrected chi connectivity index (χ4v) is 2.33. The lowest BCUT2D eigenvalue weighted by atomic mass is 10.1. The van der Waals surface area contributed by atoms with E-state index in [1.807, 2.05) is 12.1 Å². The number of anilines is 2. The van der Waals surface area contributed by atoms with Crippen LogP contribution in [-0.2, 0) is 16.0 Å². The monoisotopic (exact) mass is 273 g/mol. The molecule has 1 atom stereocenters. The number of amides is 2. The van der Waals surface area contributed by atoms with E-state index in [9.17, 15) is 9.59 Å². The van der Waals surface area contributed by atoms with Crippen molar-refractivity contribution < 1.29 is 9.59 Å². The van der Waals surface area contributed by atoms with Gasteiger partial charge in [-0.1, -0.05) is 6.08 Å². The topological polar surface area (TPSA) is 75.4 Å². The molecular formula is C15H19N3O2. The van der Waals surface area contributed by atoms with Gasteiger partial charge in [0, 0.05) is 24.8 Å². The van der Waals surface area contributed by atoms with Gasteiger partial charge in [-0.25, -0.2) is 0 Å². The normalized spacial score (nSPS) is 14.6. The number of carbonyl (C=O) groups excluding carboxylic acids is 2. The first-order chi connectivity index (χ1) is 9.52. The van der Waals surface area contributed by atoms with E-state index in [-0.39, 0.29) is 11.8 Å². The van der Waals surface area contributed by atoms with Crippen molar-refractivity contribution in [3.63, 3.8) is 0 Å². The maximum absolute atomic E-state index is 11.8. The highest BCUT2D eigenvalue weighted by Gasteiger charge is 2.22. The molecule has 1 unspecified atom stereocenters. The van der Waals surface area contributed by atoms with Crippen LogP contribution in [0.15, 0.2) is 30.9 Å². The fourth-order valence-electron chi connectivity index (χ4n) is 2.33. The second-order valence-corrected chi connectivity index (χ2v) is 4.88. The van der Waals surface area contributed by atoms with Crippen molar-refractivity contribution in [1.82, 2.24) is 0 Å². The largest absolute Gasteiger partial charge is 0.325 e. The molecule has 0 aliphatic carbocycles. The Morgan fingerprint density at radius 2 is 2.30 bits per heavy atom. The average Bonchev–Trinajstić information content (AvgIpc) is 2.82. The quantitative estimate of drug-likeness (QED) is 0.815. The van der Waals surface area contributed by atoms with Gasteiger partial charge >= 0.3 is 0 Å². The van der Waals surface area contributed by atoms with E-state index in [1.54, 1.807) is 24.0 Å². The number of carbonyl (C=O) groups is 2. The summed E-state index contributed by atoms with van der Waals surface area (Å²) in [6.45, 7) is 5.81. The van der Waals surface area contributed by atoms with E-state index in [0.717, 1.165) is 17.7 Å². The number of nitrogens with one attached hydrogen (secondary N) is 1. The summed E-state index contributed by atoms with van der Waals surface area (Å²) < 4.78 is 0. The van der Waals surface area contributed by atoms with Crippen molar-refractivity contribution >= 4 is 23.2 Å². The number of nitrogens with two attached hydrogens (primary N) is 1. The molecular weight excluding hydrogens is 254 g/mol. The van der Waals surface area contributed by atoms with Crippen molar-refractivity contribution in [1.29, 1.82) is 0 Å². The predicted octanol–water partition coefficient (Wildman–Crippen LogP) is 1.44. The fraction of sp³-hybridized carbons (Fsp3) is 0.333. The Hall–Kier alpha value is -2.14. The van der Waals surface area contributed by atoms with E-state index >= 15 is 0 Å². The maximum Gasteiger partial charge on any atom is 0.241 e. The van der Waals surface area contributed by atoms with Gasteiger partial charge < -0.3 is 16.0 Å². The van der Waals surface area contributed by atoms with Crippen LogP contribution in [0.5, 0.6) is 0 Å². The summed E-state index contributed by atoms with van der Waals surface area (Å²) in [6, 6.07) is 4.96. The lowest BCUT2D eigenvalue weighted by molar-refractivity contribution is -0.117. The Morgan fingerprint density at radius 3 is 2.95 bits per heavy atom. The van der Waals surface area contributed by atoms with Crippen LogP contribution in [0.3, 0.4) is 0 Å². The second-order valence-electron chi connectivity index (χ2n) is 4.88. The Bertz CT molecular complexity index is 554. The number of fused-ring (bicyclic) bond motifs is 1. The number of hydrogen-bond donors (Lipinski definition) is 2. The zero-order valence-electron chi connectivity index (χ0n) is 11.6. The van der Waals surface area contributed by atoms with Crippen molar-refractivity contribution in [3.05, 3.63) is 36.4 Å². The summed E-state index contributed by atoms with van der Waals surface area (Å²) in [5.74, 6) is -0.195. The molecule has 0 radical (unpaired) electrons. The van der Waals surface area contributed by atoms with Crippen LogP contribution in [-0.4, -0.2) is 24.4 Å². The molecule has 0 bridgehead atoms. The van der Waals surface area contributed by atoms with Gasteiger partial charge in [-0.05, 0) is 36.6 Å². The maximum atomic E-state index is 11.8. The van der Waals surface area contributed by atoms with Gasteiger partial charge in [-0.15, -0.1) is 6.58 Å². The molecule has 106 valence electrons. The summed E-state index contributed by atoms with van der Waals surface area (Å²) in [5.41, 5.74) is 8.41. The van der Waals surface area contributed by atoms with Crippen LogP contribution in [0.25, 0.3) is 0 Å². The van der Waals surface area contributed by atoms with Gasteiger partial charge in [0.25, 0.3) is 0 Å². The third-order valence-electron chi connectivity index (χ3n) is 3.38. The van der Waals surface area contributed by atoms with E-state index in [1.165, 1.54) is 0 Å². The summed E-state index contributed by atoms with van der Waals surface area (Å²) in [5, 5.41) is 2.79. The molecule has 5 nitrogen and oxygen atoms in total. The highest BCUT2D eigenvalue weighted by Crippen LogP contribution is 2.30. The van der Waals surface area contributed by atoms with Crippen molar-refractivity contribution in [2.75, 3.05) is 16.8 Å². The van der Waals surface area contributed by atoms with Crippen molar-refractivity contribution in [2.24, 2.45) is 5.73 Å². The number of benzene rings is 1. The zero-order valence-corrected chi connectivity index (χ0v) is 11.6. The Kier molecular flexibility index (Phi) is 4.20. The van der Waals surface area contributed by atoms with E-state index in [4.69, 9.17) is 5.73 Å². The number of hydrogen-bond acceptors (Lipinski definition) is 3. The van der Waals surface area contributed by atoms with Crippen LogP contribution < -0.4 is 16.0 Å². The van der Waals surface area contributed by atoms with Gasteiger partial charge in [0.2, 0.25) is 11.8 Å². The lowest BCUT2D eigenvalue weighted by Gasteiger charge is -2.15. The van der Waals surface area contributed by atoms with Gasteiger partial charge in [0.15, 0.2) is 0 Å². The SMILES string of the molecule is C=CCC(N)C(=O)Nc1ccc2c(c1)CCN2C(C)=O. The molecule has 20 heavy (non-hydrogen) atoms. The molecule has 5 heteroatoms. The molecule has 1 heterocycles. The predicted molar refractivity (Wildman–Crippen MR) is 79.6 cm³/mol. The summed E-state index contributed by atoms with van der Waals surface area (Å²) in [7, 11) is 0. The van der Waals surface area contributed by atoms with Crippen LogP contribution in [0.4, 0.5) is 11.4 Å². The Morgan fingerprint density at radius 1 is 1.55 bits per heavy atom. The van der Waals surface area contributed by atoms with Gasteiger partial charge in [-0.3, -0.25) is 9.59 Å². The first kappa shape index (κ1) is 14.3. The summed E-state index contributed by atoms with van der Waals surface area (Å²) in [4.78, 5) is 25.0. The van der Waals surface area contributed by atoms with Gasteiger partial charge in [0.1, 0.15) is 0 Å². The molecule has 2 rings (SSSR count). The van der Waals surface area contributed by atoms with E-state index in [0.29, 0.717) is 18.7 Å². The smallest absolute Gasteiger partial charge is 0.241 e. The minimum Gasteiger partial charge on any atom is -0.325 e. The Labute approximate surface area is 118 Å². The standard InChI is InChI=1S/C15H19N3O2/c1-3-4-13(16)15(20)17-12-5-6-14-11(9-12)7-8-18(14)10(2)19/h3,5-6,9,13H,1,4,7-8,16H2,2H3,(H,17,20). The number of rotatable bonds is 4. The lowest BCUT2D eigenvalue weighted by Crippen LogP contribution is -2.35. The minimum absolute atomic E-state index is 0.0357. The third kappa shape index (κ3) is 2.88. The van der Waals surface area contributed by atoms with E-state index in [2.05, 4.69) is 11.9 Å². The molecule has 3 N–H and O–H groups in total. The van der Waals surface area contributed by atoms with Crippen LogP contribution in [0.2, 0.25) is 0 Å². The third-order valence-corrected chi connectivity index (χ3v) is 3.38. The first-order valence-corrected chi connectivity index (χ1v) is 6.61. The highest BCUT2D eigenvalue weighted by atomic mass is 16.2. The minimum atomic E-state index is -0.588. The van der Waals surface area contributed by atoms with Crippen LogP contribution >= 0.6 is 0 Å². The van der Waals surface area contributed by atoms with Crippen molar-refractivity contribution in [2.45, 2.75) is 25.8 Å². The molecule has 0 spiro atoms. The molecule has 0 saturated carbocycles. The average molecular weight is 273 g/mol. The molecule has 1 aliphatic rings. The molecule has 0 aromatic heterocycles. The molecule has 1 aromatic rings.